The highest BCUT2D eigenvalue weighted by atomic mass is 19.4. The summed E-state index contributed by atoms with van der Waals surface area (Å²) in [5.74, 6) is -0.530. The van der Waals surface area contributed by atoms with E-state index in [-0.39, 0.29) is 36.2 Å². The van der Waals surface area contributed by atoms with E-state index >= 15 is 0 Å². The number of ether oxygens (including phenoxy) is 1. The molecule has 0 saturated carbocycles. The number of guanidine groups is 1. The number of hydrogen-bond acceptors (Lipinski definition) is 6. The highest BCUT2D eigenvalue weighted by Gasteiger charge is 2.51. The molecule has 0 spiro atoms. The summed E-state index contributed by atoms with van der Waals surface area (Å²) in [5, 5.41) is 5.42. The number of carbonyl (C=O) groups is 1. The second-order valence-corrected chi connectivity index (χ2v) is 6.25. The summed E-state index contributed by atoms with van der Waals surface area (Å²) in [6.07, 6.45) is -4.61. The van der Waals surface area contributed by atoms with Gasteiger partial charge in [-0.1, -0.05) is 6.07 Å². The quantitative estimate of drug-likeness (QED) is 0.632. The zero-order valence-corrected chi connectivity index (χ0v) is 14.9. The van der Waals surface area contributed by atoms with Crippen LogP contribution in [0, 0.1) is 6.57 Å². The number of nitrogens with two attached hydrogens (primary N) is 1. The number of esters is 1. The number of rotatable bonds is 3. The Morgan fingerprint density at radius 1 is 1.50 bits per heavy atom. The summed E-state index contributed by atoms with van der Waals surface area (Å²) in [7, 11) is 0. The van der Waals surface area contributed by atoms with Gasteiger partial charge in [0.2, 0.25) is 5.96 Å². The van der Waals surface area contributed by atoms with Crippen LogP contribution in [0.2, 0.25) is 0 Å². The van der Waals surface area contributed by atoms with E-state index in [2.05, 4.69) is 19.9 Å². The van der Waals surface area contributed by atoms with Crippen molar-refractivity contribution in [3.05, 3.63) is 35.2 Å². The van der Waals surface area contributed by atoms with Gasteiger partial charge >= 0.3 is 12.1 Å². The Morgan fingerprint density at radius 2 is 2.21 bits per heavy atom. The summed E-state index contributed by atoms with van der Waals surface area (Å²) >= 11 is 0. The summed E-state index contributed by atoms with van der Waals surface area (Å²) in [6, 6.07) is 3.11. The molecule has 2 heterocycles. The Balaban J connectivity index is 1.99. The van der Waals surface area contributed by atoms with Gasteiger partial charge in [0.15, 0.2) is 11.5 Å². The van der Waals surface area contributed by atoms with E-state index < -0.39 is 28.9 Å². The molecule has 0 saturated heterocycles. The SMILES string of the molecule is [C-]#[N+]c1ccc(N=C2N=C(N)N3N=C(C(=O)OCC)CC23C)cc1C(F)(F)F. The van der Waals surface area contributed by atoms with E-state index in [9.17, 15) is 18.0 Å². The molecule has 2 aliphatic heterocycles. The minimum Gasteiger partial charge on any atom is -0.461 e. The summed E-state index contributed by atoms with van der Waals surface area (Å²) in [4.78, 5) is 23.1. The summed E-state index contributed by atoms with van der Waals surface area (Å²) in [5.41, 5.74) is 3.29. The average Bonchev–Trinajstić information content (AvgIpc) is 3.09. The number of aliphatic imine (C=N–C) groups is 2. The van der Waals surface area contributed by atoms with Crippen LogP contribution in [0.3, 0.4) is 0 Å². The van der Waals surface area contributed by atoms with Gasteiger partial charge in [-0.05, 0) is 26.0 Å². The first-order chi connectivity index (χ1) is 13.1. The molecular formula is C17H15F3N6O2. The van der Waals surface area contributed by atoms with Crippen LogP contribution in [-0.4, -0.2) is 40.6 Å². The molecule has 1 unspecified atom stereocenters. The van der Waals surface area contributed by atoms with Crippen LogP contribution in [0.4, 0.5) is 24.5 Å². The Labute approximate surface area is 158 Å². The number of nitrogens with zero attached hydrogens (tertiary/aromatic N) is 5. The van der Waals surface area contributed by atoms with Gasteiger partial charge in [0, 0.05) is 6.42 Å². The first-order valence-corrected chi connectivity index (χ1v) is 8.17. The fourth-order valence-corrected chi connectivity index (χ4v) is 2.93. The molecule has 0 fully saturated rings. The topological polar surface area (TPSA) is 97.0 Å². The molecule has 146 valence electrons. The first kappa shape index (κ1) is 19.3. The fourth-order valence-electron chi connectivity index (χ4n) is 2.93. The van der Waals surface area contributed by atoms with Gasteiger partial charge in [0.05, 0.1) is 24.4 Å². The van der Waals surface area contributed by atoms with Crippen molar-refractivity contribution in [3.8, 4) is 0 Å². The van der Waals surface area contributed by atoms with Crippen LogP contribution in [0.5, 0.6) is 0 Å². The number of hydrazone groups is 1. The van der Waals surface area contributed by atoms with E-state index in [1.165, 1.54) is 11.1 Å². The number of fused-ring (bicyclic) bond motifs is 1. The molecule has 2 N–H and O–H groups in total. The minimum atomic E-state index is -4.70. The highest BCUT2D eigenvalue weighted by molar-refractivity contribution is 6.38. The van der Waals surface area contributed by atoms with Crippen molar-refractivity contribution in [1.29, 1.82) is 0 Å². The van der Waals surface area contributed by atoms with Crippen molar-refractivity contribution in [2.45, 2.75) is 32.0 Å². The normalized spacial score (nSPS) is 22.6. The molecule has 0 aromatic heterocycles. The molecule has 11 heteroatoms. The van der Waals surface area contributed by atoms with Crippen molar-refractivity contribution in [2.75, 3.05) is 6.61 Å². The molecular weight excluding hydrogens is 377 g/mol. The maximum atomic E-state index is 13.2. The maximum absolute atomic E-state index is 13.2. The van der Waals surface area contributed by atoms with Crippen LogP contribution < -0.4 is 5.73 Å². The molecule has 1 aromatic carbocycles. The van der Waals surface area contributed by atoms with E-state index in [0.717, 1.165) is 12.1 Å². The predicted octanol–water partition coefficient (Wildman–Crippen LogP) is 3.00. The summed E-state index contributed by atoms with van der Waals surface area (Å²) < 4.78 is 44.5. The Hall–Kier alpha value is -3.42. The molecule has 3 rings (SSSR count). The van der Waals surface area contributed by atoms with Gasteiger partial charge in [-0.3, -0.25) is 0 Å². The minimum absolute atomic E-state index is 0.0330. The second kappa shape index (κ2) is 6.63. The monoisotopic (exact) mass is 392 g/mol. The first-order valence-electron chi connectivity index (χ1n) is 8.17. The lowest BCUT2D eigenvalue weighted by atomic mass is 9.95. The van der Waals surface area contributed by atoms with E-state index in [1.54, 1.807) is 13.8 Å². The molecule has 1 aromatic rings. The van der Waals surface area contributed by atoms with Gasteiger partial charge in [-0.15, -0.1) is 0 Å². The number of alkyl halides is 3. The molecule has 1 atom stereocenters. The van der Waals surface area contributed by atoms with Crippen molar-refractivity contribution >= 4 is 34.9 Å². The maximum Gasteiger partial charge on any atom is 0.407 e. The molecule has 28 heavy (non-hydrogen) atoms. The van der Waals surface area contributed by atoms with Crippen molar-refractivity contribution in [1.82, 2.24) is 5.01 Å². The average molecular weight is 392 g/mol. The molecule has 0 bridgehead atoms. The second-order valence-electron chi connectivity index (χ2n) is 6.25. The van der Waals surface area contributed by atoms with Gasteiger partial charge in [-0.2, -0.15) is 23.3 Å². The zero-order valence-electron chi connectivity index (χ0n) is 14.9. The lowest BCUT2D eigenvalue weighted by Crippen LogP contribution is -2.45. The standard InChI is InChI=1S/C17H15F3N6O2/c1-4-28-13(27)12-8-16(2)14(24-15(21)26(16)25-12)23-9-5-6-11(22-3)10(7-9)17(18,19)20/h5-7H,4,8H2,1-2H3,(H2,21,23,24). The van der Waals surface area contributed by atoms with Crippen LogP contribution in [0.1, 0.15) is 25.8 Å². The predicted molar refractivity (Wildman–Crippen MR) is 95.4 cm³/mol. The van der Waals surface area contributed by atoms with Gasteiger partial charge < -0.3 is 10.5 Å². The van der Waals surface area contributed by atoms with Crippen LogP contribution >= 0.6 is 0 Å². The Bertz CT molecular complexity index is 976. The third-order valence-corrected chi connectivity index (χ3v) is 4.27. The van der Waals surface area contributed by atoms with E-state index in [4.69, 9.17) is 17.0 Å². The Morgan fingerprint density at radius 3 is 2.82 bits per heavy atom. The number of hydrogen-bond donors (Lipinski definition) is 1. The van der Waals surface area contributed by atoms with Crippen molar-refractivity contribution in [3.63, 3.8) is 0 Å². The molecule has 0 aliphatic carbocycles. The molecule has 0 amide bonds. The van der Waals surface area contributed by atoms with Crippen LogP contribution in [0.25, 0.3) is 4.85 Å². The summed E-state index contributed by atoms with van der Waals surface area (Å²) in [6.45, 7) is 10.4. The van der Waals surface area contributed by atoms with Crippen LogP contribution in [-0.2, 0) is 15.7 Å². The number of carbonyl (C=O) groups excluding carboxylic acids is 1. The van der Waals surface area contributed by atoms with E-state index in [1.807, 2.05) is 0 Å². The van der Waals surface area contributed by atoms with Crippen molar-refractivity contribution < 1.29 is 22.7 Å². The van der Waals surface area contributed by atoms with Gasteiger partial charge in [-0.25, -0.2) is 19.6 Å². The molecule has 0 radical (unpaired) electrons. The lowest BCUT2D eigenvalue weighted by Gasteiger charge is -2.25. The fraction of sp³-hybridized carbons (Fsp3) is 0.353. The number of benzene rings is 1. The molecule has 2 aliphatic rings. The number of halogens is 3. The zero-order chi connectivity index (χ0) is 20.7. The lowest BCUT2D eigenvalue weighted by molar-refractivity contribution is -0.137. The number of amidine groups is 1. The Kier molecular flexibility index (Phi) is 4.58. The third-order valence-electron chi connectivity index (χ3n) is 4.27. The highest BCUT2D eigenvalue weighted by Crippen LogP contribution is 2.40. The van der Waals surface area contributed by atoms with Gasteiger partial charge in [0.1, 0.15) is 11.3 Å². The third kappa shape index (κ3) is 3.17. The largest absolute Gasteiger partial charge is 0.461 e. The molecule has 8 nitrogen and oxygen atoms in total. The van der Waals surface area contributed by atoms with E-state index in [0.29, 0.717) is 0 Å². The van der Waals surface area contributed by atoms with Crippen LogP contribution in [0.15, 0.2) is 33.3 Å². The smallest absolute Gasteiger partial charge is 0.407 e. The van der Waals surface area contributed by atoms with Gasteiger partial charge in [0.25, 0.3) is 0 Å². The van der Waals surface area contributed by atoms with Crippen molar-refractivity contribution in [2.24, 2.45) is 20.8 Å².